The van der Waals surface area contributed by atoms with Crippen LogP contribution in [0.5, 0.6) is 0 Å². The molecule has 0 aliphatic heterocycles. The zero-order valence-corrected chi connectivity index (χ0v) is 16.0. The Morgan fingerprint density at radius 3 is 2.36 bits per heavy atom. The van der Waals surface area contributed by atoms with Gasteiger partial charge in [-0.15, -0.1) is 11.3 Å². The first-order valence-corrected chi connectivity index (χ1v) is 9.20. The largest absolute Gasteiger partial charge is 0.352 e. The summed E-state index contributed by atoms with van der Waals surface area (Å²) in [7, 11) is 0. The molecule has 2 N–H and O–H groups in total. The standard InChI is InChI=1S/C19H25N3O2S/c1-13-12-25-17(22-13)11-21-16(23)9-10-20-18(24)14-5-7-15(8-6-14)19(2,3)4/h5-8,12H,9-11H2,1-4H3,(H,20,24)(H,21,23). The van der Waals surface area contributed by atoms with Crippen molar-refractivity contribution >= 4 is 23.2 Å². The minimum Gasteiger partial charge on any atom is -0.352 e. The van der Waals surface area contributed by atoms with Crippen LogP contribution in [0.4, 0.5) is 0 Å². The van der Waals surface area contributed by atoms with Crippen molar-refractivity contribution in [3.8, 4) is 0 Å². The van der Waals surface area contributed by atoms with Gasteiger partial charge in [0.25, 0.3) is 5.91 Å². The molecule has 0 unspecified atom stereocenters. The number of aryl methyl sites for hydroxylation is 1. The van der Waals surface area contributed by atoms with Crippen molar-refractivity contribution in [1.29, 1.82) is 0 Å². The molecular weight excluding hydrogens is 334 g/mol. The van der Waals surface area contributed by atoms with Gasteiger partial charge in [0, 0.05) is 29.6 Å². The lowest BCUT2D eigenvalue weighted by Gasteiger charge is -2.19. The van der Waals surface area contributed by atoms with E-state index in [-0.39, 0.29) is 23.7 Å². The molecule has 2 rings (SSSR count). The molecule has 2 amide bonds. The number of thiazole rings is 1. The van der Waals surface area contributed by atoms with Crippen LogP contribution in [0.2, 0.25) is 0 Å². The van der Waals surface area contributed by atoms with E-state index in [9.17, 15) is 9.59 Å². The van der Waals surface area contributed by atoms with E-state index < -0.39 is 0 Å². The van der Waals surface area contributed by atoms with Crippen LogP contribution in [0.1, 0.15) is 53.8 Å². The zero-order valence-electron chi connectivity index (χ0n) is 15.2. The highest BCUT2D eigenvalue weighted by molar-refractivity contribution is 7.09. The predicted molar refractivity (Wildman–Crippen MR) is 101 cm³/mol. The van der Waals surface area contributed by atoms with Crippen LogP contribution in [-0.2, 0) is 16.8 Å². The monoisotopic (exact) mass is 359 g/mol. The molecular formula is C19H25N3O2S. The molecule has 5 nitrogen and oxygen atoms in total. The van der Waals surface area contributed by atoms with E-state index in [2.05, 4.69) is 36.4 Å². The van der Waals surface area contributed by atoms with E-state index >= 15 is 0 Å². The van der Waals surface area contributed by atoms with E-state index in [1.54, 1.807) is 0 Å². The summed E-state index contributed by atoms with van der Waals surface area (Å²) in [4.78, 5) is 28.2. The third-order valence-electron chi connectivity index (χ3n) is 3.75. The lowest BCUT2D eigenvalue weighted by Crippen LogP contribution is -2.30. The Balaban J connectivity index is 1.73. The minimum atomic E-state index is -0.163. The fourth-order valence-corrected chi connectivity index (χ4v) is 2.97. The summed E-state index contributed by atoms with van der Waals surface area (Å²) in [6.07, 6.45) is 0.246. The first kappa shape index (κ1) is 19.1. The Kier molecular flexibility index (Phi) is 6.31. The van der Waals surface area contributed by atoms with Gasteiger partial charge in [0.15, 0.2) is 0 Å². The Morgan fingerprint density at radius 1 is 1.12 bits per heavy atom. The predicted octanol–water partition coefficient (Wildman–Crippen LogP) is 3.19. The van der Waals surface area contributed by atoms with Crippen LogP contribution in [0.3, 0.4) is 0 Å². The van der Waals surface area contributed by atoms with Gasteiger partial charge in [-0.3, -0.25) is 9.59 Å². The van der Waals surface area contributed by atoms with Crippen molar-refractivity contribution < 1.29 is 9.59 Å². The van der Waals surface area contributed by atoms with E-state index in [4.69, 9.17) is 0 Å². The summed E-state index contributed by atoms with van der Waals surface area (Å²) in [6, 6.07) is 7.58. The normalized spacial score (nSPS) is 11.2. The van der Waals surface area contributed by atoms with Gasteiger partial charge in [0.2, 0.25) is 5.91 Å². The van der Waals surface area contributed by atoms with Crippen LogP contribution < -0.4 is 10.6 Å². The molecule has 25 heavy (non-hydrogen) atoms. The summed E-state index contributed by atoms with van der Waals surface area (Å²) in [5, 5.41) is 8.42. The Labute approximate surface area is 152 Å². The van der Waals surface area contributed by atoms with Crippen LogP contribution in [0.15, 0.2) is 29.6 Å². The van der Waals surface area contributed by atoms with E-state index in [1.807, 2.05) is 36.6 Å². The molecule has 0 aliphatic carbocycles. The number of benzene rings is 1. The molecule has 134 valence electrons. The average molecular weight is 359 g/mol. The molecule has 0 radical (unpaired) electrons. The van der Waals surface area contributed by atoms with Gasteiger partial charge < -0.3 is 10.6 Å². The number of carbonyl (C=O) groups is 2. The lowest BCUT2D eigenvalue weighted by molar-refractivity contribution is -0.121. The summed E-state index contributed by atoms with van der Waals surface area (Å²) in [6.45, 7) is 9.06. The van der Waals surface area contributed by atoms with Gasteiger partial charge in [-0.05, 0) is 30.0 Å². The second kappa shape index (κ2) is 8.25. The molecule has 0 aliphatic rings. The van der Waals surface area contributed by atoms with Gasteiger partial charge >= 0.3 is 0 Å². The number of nitrogens with zero attached hydrogens (tertiary/aromatic N) is 1. The van der Waals surface area contributed by atoms with Crippen LogP contribution in [-0.4, -0.2) is 23.3 Å². The number of carbonyl (C=O) groups excluding carboxylic acids is 2. The summed E-state index contributed by atoms with van der Waals surface area (Å²) in [5.41, 5.74) is 2.80. The minimum absolute atomic E-state index is 0.0586. The smallest absolute Gasteiger partial charge is 0.251 e. The summed E-state index contributed by atoms with van der Waals surface area (Å²) < 4.78 is 0. The van der Waals surface area contributed by atoms with Crippen molar-refractivity contribution in [1.82, 2.24) is 15.6 Å². The molecule has 1 heterocycles. The zero-order chi connectivity index (χ0) is 18.4. The highest BCUT2D eigenvalue weighted by Crippen LogP contribution is 2.22. The van der Waals surface area contributed by atoms with Crippen molar-refractivity contribution in [3.63, 3.8) is 0 Å². The fourth-order valence-electron chi connectivity index (χ4n) is 2.26. The van der Waals surface area contributed by atoms with Crippen molar-refractivity contribution in [2.24, 2.45) is 0 Å². The maximum Gasteiger partial charge on any atom is 0.251 e. The second-order valence-electron chi connectivity index (χ2n) is 6.99. The van der Waals surface area contributed by atoms with Crippen molar-refractivity contribution in [2.75, 3.05) is 6.54 Å². The van der Waals surface area contributed by atoms with E-state index in [0.717, 1.165) is 10.7 Å². The third kappa shape index (κ3) is 5.98. The number of hydrogen-bond acceptors (Lipinski definition) is 4. The molecule has 0 saturated heterocycles. The highest BCUT2D eigenvalue weighted by atomic mass is 32.1. The van der Waals surface area contributed by atoms with Gasteiger partial charge in [-0.1, -0.05) is 32.9 Å². The number of hydrogen-bond donors (Lipinski definition) is 2. The maximum atomic E-state index is 12.1. The van der Waals surface area contributed by atoms with E-state index in [1.165, 1.54) is 16.9 Å². The van der Waals surface area contributed by atoms with Gasteiger partial charge in [0.05, 0.1) is 6.54 Å². The fraction of sp³-hybridized carbons (Fsp3) is 0.421. The molecule has 1 aromatic carbocycles. The molecule has 0 bridgehead atoms. The first-order valence-electron chi connectivity index (χ1n) is 8.32. The molecule has 0 spiro atoms. The Morgan fingerprint density at radius 2 is 1.80 bits per heavy atom. The summed E-state index contributed by atoms with van der Waals surface area (Å²) in [5.74, 6) is -0.264. The Hall–Kier alpha value is -2.21. The topological polar surface area (TPSA) is 71.1 Å². The maximum absolute atomic E-state index is 12.1. The van der Waals surface area contributed by atoms with Gasteiger partial charge in [-0.25, -0.2) is 4.98 Å². The summed E-state index contributed by atoms with van der Waals surface area (Å²) >= 11 is 1.52. The molecule has 1 aromatic heterocycles. The average Bonchev–Trinajstić information content (AvgIpc) is 2.97. The first-order chi connectivity index (χ1) is 11.8. The van der Waals surface area contributed by atoms with Crippen LogP contribution in [0.25, 0.3) is 0 Å². The highest BCUT2D eigenvalue weighted by Gasteiger charge is 2.14. The third-order valence-corrected chi connectivity index (χ3v) is 4.72. The molecule has 2 aromatic rings. The van der Waals surface area contributed by atoms with Crippen molar-refractivity contribution in [3.05, 3.63) is 51.5 Å². The van der Waals surface area contributed by atoms with E-state index in [0.29, 0.717) is 18.7 Å². The number of rotatable bonds is 6. The Bertz CT molecular complexity index is 730. The lowest BCUT2D eigenvalue weighted by atomic mass is 9.87. The molecule has 0 saturated carbocycles. The van der Waals surface area contributed by atoms with Crippen LogP contribution in [0, 0.1) is 6.92 Å². The number of amides is 2. The molecule has 0 fully saturated rings. The van der Waals surface area contributed by atoms with Gasteiger partial charge in [0.1, 0.15) is 5.01 Å². The molecule has 0 atom stereocenters. The molecule has 6 heteroatoms. The number of nitrogens with one attached hydrogen (secondary N) is 2. The van der Waals surface area contributed by atoms with Crippen LogP contribution >= 0.6 is 11.3 Å². The quantitative estimate of drug-likeness (QED) is 0.832. The van der Waals surface area contributed by atoms with Crippen molar-refractivity contribution in [2.45, 2.75) is 46.1 Å². The van der Waals surface area contributed by atoms with Gasteiger partial charge in [-0.2, -0.15) is 0 Å². The second-order valence-corrected chi connectivity index (χ2v) is 7.94. The number of aromatic nitrogens is 1. The SMILES string of the molecule is Cc1csc(CNC(=O)CCNC(=O)c2ccc(C(C)(C)C)cc2)n1.